The molecule has 0 aliphatic carbocycles. The van der Waals surface area contributed by atoms with Gasteiger partial charge in [0.05, 0.1) is 53.5 Å². The minimum absolute atomic E-state index is 0.123. The van der Waals surface area contributed by atoms with Crippen molar-refractivity contribution in [2.75, 3.05) is 68.1 Å². The van der Waals surface area contributed by atoms with Crippen LogP contribution in [0.15, 0.2) is 86.6 Å². The van der Waals surface area contributed by atoms with Crippen LogP contribution in [0.5, 0.6) is 0 Å². The molecule has 260 valence electrons. The molecule has 10 nitrogen and oxygen atoms in total. The third-order valence-corrected chi connectivity index (χ3v) is 10.7. The highest BCUT2D eigenvalue weighted by Crippen LogP contribution is 2.51. The lowest BCUT2D eigenvalue weighted by Gasteiger charge is -2.30. The van der Waals surface area contributed by atoms with Crippen molar-refractivity contribution in [3.05, 3.63) is 87.8 Å². The van der Waals surface area contributed by atoms with E-state index in [0.29, 0.717) is 75.5 Å². The summed E-state index contributed by atoms with van der Waals surface area (Å²) in [5.74, 6) is -2.21. The van der Waals surface area contributed by atoms with E-state index in [1.165, 1.54) is 29.6 Å². The van der Waals surface area contributed by atoms with Crippen LogP contribution in [-0.4, -0.2) is 85.9 Å². The lowest BCUT2D eigenvalue weighted by Crippen LogP contribution is -2.47. The molecule has 50 heavy (non-hydrogen) atoms. The van der Waals surface area contributed by atoms with Gasteiger partial charge in [0, 0.05) is 50.4 Å². The maximum Gasteiger partial charge on any atom is 0.471 e. The highest BCUT2D eigenvalue weighted by atomic mass is 32.2. The van der Waals surface area contributed by atoms with E-state index in [4.69, 9.17) is 9.73 Å². The fourth-order valence-corrected chi connectivity index (χ4v) is 8.11. The highest BCUT2D eigenvalue weighted by molar-refractivity contribution is 8.19. The Morgan fingerprint density at radius 2 is 1.84 bits per heavy atom. The van der Waals surface area contributed by atoms with Gasteiger partial charge >= 0.3 is 12.1 Å². The van der Waals surface area contributed by atoms with Crippen molar-refractivity contribution >= 4 is 63.3 Å². The van der Waals surface area contributed by atoms with E-state index in [1.807, 2.05) is 47.1 Å². The number of nitrogens with zero attached hydrogens (tertiary/aromatic N) is 6. The first-order valence-electron chi connectivity index (χ1n) is 16.0. The van der Waals surface area contributed by atoms with Crippen molar-refractivity contribution in [1.82, 2.24) is 9.80 Å². The van der Waals surface area contributed by atoms with Crippen LogP contribution in [0.3, 0.4) is 0 Å². The predicted molar refractivity (Wildman–Crippen MR) is 190 cm³/mol. The Kier molecular flexibility index (Phi) is 10.7. The van der Waals surface area contributed by atoms with E-state index >= 15 is 0 Å². The summed E-state index contributed by atoms with van der Waals surface area (Å²) in [5, 5.41) is 13.8. The van der Waals surface area contributed by atoms with E-state index in [9.17, 15) is 28.0 Å². The third-order valence-electron chi connectivity index (χ3n) is 8.31. The monoisotopic (exact) mass is 721 g/mol. The molecule has 0 spiro atoms. The summed E-state index contributed by atoms with van der Waals surface area (Å²) in [6, 6.07) is 21.6. The number of carbonyl (C=O) groups excluding carboxylic acids is 2. The lowest BCUT2D eigenvalue weighted by atomic mass is 10.2. The molecule has 3 aromatic rings. The van der Waals surface area contributed by atoms with E-state index in [-0.39, 0.29) is 31.2 Å². The first kappa shape index (κ1) is 35.3. The molecule has 2 saturated heterocycles. The molecule has 0 bridgehead atoms. The molecular formula is C35H34F3N7O3S2. The van der Waals surface area contributed by atoms with Gasteiger partial charge < -0.3 is 19.9 Å². The van der Waals surface area contributed by atoms with Gasteiger partial charge in [-0.3, -0.25) is 19.4 Å². The number of alkyl halides is 3. The van der Waals surface area contributed by atoms with E-state index in [0.717, 1.165) is 10.5 Å². The van der Waals surface area contributed by atoms with Crippen molar-refractivity contribution in [3.63, 3.8) is 0 Å². The molecular weight excluding hydrogens is 688 g/mol. The number of morpholine rings is 1. The molecule has 3 aliphatic rings. The van der Waals surface area contributed by atoms with E-state index in [1.54, 1.807) is 42.3 Å². The number of benzene rings is 3. The Bertz CT molecular complexity index is 1880. The molecule has 0 radical (unpaired) electrons. The number of nitriles is 1. The molecule has 0 atom stereocenters. The van der Waals surface area contributed by atoms with Crippen LogP contribution in [-0.2, 0) is 20.9 Å². The number of fused-ring (bicyclic) bond motifs is 1. The van der Waals surface area contributed by atoms with Gasteiger partial charge in [0.1, 0.15) is 4.91 Å². The van der Waals surface area contributed by atoms with Gasteiger partial charge in [-0.2, -0.15) is 18.4 Å². The average molecular weight is 722 g/mol. The number of anilines is 3. The number of carbonyl (C=O) groups is 2. The van der Waals surface area contributed by atoms with Gasteiger partial charge in [0.25, 0.3) is 5.91 Å². The molecule has 0 unspecified atom stereocenters. The summed E-state index contributed by atoms with van der Waals surface area (Å²) < 4.78 is 46.7. The maximum atomic E-state index is 14.2. The van der Waals surface area contributed by atoms with Crippen LogP contribution in [0, 0.1) is 11.3 Å². The minimum Gasteiger partial charge on any atom is -0.384 e. The number of thioether (sulfide) groups is 2. The number of amidine groups is 1. The summed E-state index contributed by atoms with van der Waals surface area (Å²) in [5.41, 5.74) is 3.36. The van der Waals surface area contributed by atoms with Gasteiger partial charge in [-0.15, -0.1) is 0 Å². The second kappa shape index (κ2) is 15.2. The number of amides is 2. The van der Waals surface area contributed by atoms with Crippen LogP contribution in [0.1, 0.15) is 18.1 Å². The minimum atomic E-state index is -5.05. The van der Waals surface area contributed by atoms with Crippen LogP contribution in [0.25, 0.3) is 0 Å². The standard InChI is InChI=1S/C35H34F3N7O3S2/c1-3-40-26-11-9-24(21-39)19-27(26)41-34-45(22-23-7-5-4-6-8-23)31(46)30(50-34)32-42(2)28-12-10-25(20-29(28)49-32)44(33(47)35(36,37)38)14-13-43-15-17-48-18-16-43/h4-12,19-20,40H,3,13-18,22H2,1-2H3/b32-30-,41-34?. The number of rotatable bonds is 9. The first-order chi connectivity index (χ1) is 24.1. The number of nitrogens with one attached hydrogen (secondary N) is 1. The molecule has 3 aliphatic heterocycles. The zero-order valence-electron chi connectivity index (χ0n) is 27.4. The van der Waals surface area contributed by atoms with Gasteiger partial charge in [-0.1, -0.05) is 42.1 Å². The predicted octanol–water partition coefficient (Wildman–Crippen LogP) is 6.39. The van der Waals surface area contributed by atoms with E-state index in [2.05, 4.69) is 11.4 Å². The molecule has 0 saturated carbocycles. The molecule has 1 N–H and O–H groups in total. The number of halogens is 3. The Labute approximate surface area is 296 Å². The topological polar surface area (TPSA) is 105 Å². The van der Waals surface area contributed by atoms with Gasteiger partial charge in [0.15, 0.2) is 5.17 Å². The lowest BCUT2D eigenvalue weighted by molar-refractivity contribution is -0.170. The first-order valence-corrected chi connectivity index (χ1v) is 17.6. The summed E-state index contributed by atoms with van der Waals surface area (Å²) in [7, 11) is 1.79. The SMILES string of the molecule is CCNc1ccc(C#N)cc1N=C1S/C(=C2\Sc3cc(N(CCN4CCOCC4)C(=O)C(F)(F)F)ccc3N2C)C(=O)N1Cc1ccccc1. The second-order valence-electron chi connectivity index (χ2n) is 11.6. The van der Waals surface area contributed by atoms with Crippen molar-refractivity contribution in [2.24, 2.45) is 4.99 Å². The largest absolute Gasteiger partial charge is 0.471 e. The molecule has 2 amide bonds. The zero-order chi connectivity index (χ0) is 35.4. The molecule has 0 aromatic heterocycles. The number of aliphatic imine (C=N–C) groups is 1. The van der Waals surface area contributed by atoms with Crippen LogP contribution < -0.4 is 15.1 Å². The second-order valence-corrected chi connectivity index (χ2v) is 13.6. The number of ether oxygens (including phenoxy) is 1. The van der Waals surface area contributed by atoms with Crippen LogP contribution in [0.4, 0.5) is 35.9 Å². The Morgan fingerprint density at radius 3 is 2.54 bits per heavy atom. The molecule has 3 heterocycles. The third kappa shape index (κ3) is 7.63. The molecule has 2 fully saturated rings. The van der Waals surface area contributed by atoms with Gasteiger partial charge in [-0.05, 0) is 60.6 Å². The summed E-state index contributed by atoms with van der Waals surface area (Å²) in [6.07, 6.45) is -5.05. The Balaban J connectivity index is 1.34. The highest BCUT2D eigenvalue weighted by Gasteiger charge is 2.44. The van der Waals surface area contributed by atoms with Crippen molar-refractivity contribution in [3.8, 4) is 6.07 Å². The fraction of sp³-hybridized carbons (Fsp3) is 0.314. The van der Waals surface area contributed by atoms with Crippen LogP contribution >= 0.6 is 23.5 Å². The summed E-state index contributed by atoms with van der Waals surface area (Å²) in [6.45, 7) is 5.08. The summed E-state index contributed by atoms with van der Waals surface area (Å²) >= 11 is 2.46. The molecule has 15 heteroatoms. The average Bonchev–Trinajstić information content (AvgIpc) is 3.60. The fourth-order valence-electron chi connectivity index (χ4n) is 5.74. The number of hydrogen-bond donors (Lipinski definition) is 1. The summed E-state index contributed by atoms with van der Waals surface area (Å²) in [4.78, 5) is 38.9. The molecule has 6 rings (SSSR count). The molecule has 3 aromatic carbocycles. The van der Waals surface area contributed by atoms with Crippen molar-refractivity contribution < 1.29 is 27.5 Å². The van der Waals surface area contributed by atoms with E-state index < -0.39 is 12.1 Å². The quantitative estimate of drug-likeness (QED) is 0.252. The maximum absolute atomic E-state index is 14.2. The van der Waals surface area contributed by atoms with Crippen molar-refractivity contribution in [2.45, 2.75) is 24.5 Å². The van der Waals surface area contributed by atoms with Gasteiger partial charge in [0.2, 0.25) is 0 Å². The Hall–Kier alpha value is -4.49. The van der Waals surface area contributed by atoms with Gasteiger partial charge in [-0.25, -0.2) is 4.99 Å². The Morgan fingerprint density at radius 1 is 1.08 bits per heavy atom. The smallest absolute Gasteiger partial charge is 0.384 e. The van der Waals surface area contributed by atoms with Crippen molar-refractivity contribution in [1.29, 1.82) is 5.26 Å². The normalized spacial score (nSPS) is 18.8. The van der Waals surface area contributed by atoms with Crippen LogP contribution in [0.2, 0.25) is 0 Å². The number of hydrogen-bond acceptors (Lipinski definition) is 10. The zero-order valence-corrected chi connectivity index (χ0v) is 29.0.